The van der Waals surface area contributed by atoms with Gasteiger partial charge in [0.15, 0.2) is 0 Å². The van der Waals surface area contributed by atoms with Crippen molar-refractivity contribution in [2.45, 2.75) is 39.4 Å². The van der Waals surface area contributed by atoms with Gasteiger partial charge in [-0.2, -0.15) is 13.2 Å². The number of anilines is 1. The molecule has 0 saturated carbocycles. The molecule has 2 nitrogen and oxygen atoms in total. The predicted molar refractivity (Wildman–Crippen MR) is 84.8 cm³/mol. The van der Waals surface area contributed by atoms with Crippen LogP contribution < -0.4 is 10.2 Å². The zero-order valence-corrected chi connectivity index (χ0v) is 14.2. The summed E-state index contributed by atoms with van der Waals surface area (Å²) in [5.41, 5.74) is 1.63. The van der Waals surface area contributed by atoms with Crippen molar-refractivity contribution < 1.29 is 13.2 Å². The first-order chi connectivity index (χ1) is 9.78. The van der Waals surface area contributed by atoms with Crippen molar-refractivity contribution in [2.24, 2.45) is 0 Å². The van der Waals surface area contributed by atoms with Crippen LogP contribution in [0.3, 0.4) is 0 Å². The van der Waals surface area contributed by atoms with E-state index in [4.69, 9.17) is 0 Å². The number of hydrogen-bond donors (Lipinski definition) is 1. The molecule has 0 radical (unpaired) electrons. The summed E-state index contributed by atoms with van der Waals surface area (Å²) in [5.74, 6) is 0. The molecule has 0 fully saturated rings. The molecule has 1 aromatic rings. The highest BCUT2D eigenvalue weighted by molar-refractivity contribution is 9.10. The van der Waals surface area contributed by atoms with Gasteiger partial charge in [-0.15, -0.1) is 0 Å². The van der Waals surface area contributed by atoms with Crippen molar-refractivity contribution in [3.63, 3.8) is 0 Å². The molecule has 1 rings (SSSR count). The second-order valence-corrected chi connectivity index (χ2v) is 5.87. The first-order valence-electron chi connectivity index (χ1n) is 7.13. The van der Waals surface area contributed by atoms with Crippen molar-refractivity contribution in [1.82, 2.24) is 5.32 Å². The fourth-order valence-corrected chi connectivity index (χ4v) is 2.85. The van der Waals surface area contributed by atoms with Crippen LogP contribution in [0.4, 0.5) is 18.9 Å². The fourth-order valence-electron chi connectivity index (χ4n) is 2.14. The van der Waals surface area contributed by atoms with Crippen LogP contribution in [-0.2, 0) is 0 Å². The number of benzene rings is 1. The standard InChI is InChI=1S/C15H22BrF3N2/c1-4-8-20-11(3)13-7-6-12(9-14(13)16)21(5-2)10-15(17,18)19/h6-7,9,11,20H,4-5,8,10H2,1-3H3. The normalized spacial score (nSPS) is 13.3. The van der Waals surface area contributed by atoms with E-state index in [0.717, 1.165) is 23.0 Å². The number of rotatable bonds is 7. The number of alkyl halides is 3. The Morgan fingerprint density at radius 1 is 1.29 bits per heavy atom. The van der Waals surface area contributed by atoms with Gasteiger partial charge >= 0.3 is 6.18 Å². The molecule has 0 aliphatic rings. The molecule has 1 atom stereocenters. The molecule has 0 aromatic heterocycles. The number of halogens is 4. The summed E-state index contributed by atoms with van der Waals surface area (Å²) in [5, 5.41) is 3.37. The van der Waals surface area contributed by atoms with Gasteiger partial charge in [0, 0.05) is 22.7 Å². The Bertz CT molecular complexity index is 449. The molecule has 6 heteroatoms. The molecular weight excluding hydrogens is 345 g/mol. The number of nitrogens with one attached hydrogen (secondary N) is 1. The van der Waals surface area contributed by atoms with Gasteiger partial charge in [0.1, 0.15) is 6.54 Å². The van der Waals surface area contributed by atoms with Crippen LogP contribution in [0.25, 0.3) is 0 Å². The van der Waals surface area contributed by atoms with Crippen molar-refractivity contribution in [2.75, 3.05) is 24.5 Å². The lowest BCUT2D eigenvalue weighted by Gasteiger charge is -2.25. The minimum absolute atomic E-state index is 0.158. The average Bonchev–Trinajstić information content (AvgIpc) is 2.41. The van der Waals surface area contributed by atoms with Crippen LogP contribution in [0.5, 0.6) is 0 Å². The van der Waals surface area contributed by atoms with E-state index in [-0.39, 0.29) is 6.04 Å². The van der Waals surface area contributed by atoms with Crippen molar-refractivity contribution in [3.8, 4) is 0 Å². The van der Waals surface area contributed by atoms with E-state index in [1.807, 2.05) is 13.0 Å². The van der Waals surface area contributed by atoms with Gasteiger partial charge < -0.3 is 10.2 Å². The average molecular weight is 367 g/mol. The SMILES string of the molecule is CCCNC(C)c1ccc(N(CC)CC(F)(F)F)cc1Br. The lowest BCUT2D eigenvalue weighted by Crippen LogP contribution is -2.34. The molecule has 0 saturated heterocycles. The summed E-state index contributed by atoms with van der Waals surface area (Å²) in [7, 11) is 0. The van der Waals surface area contributed by atoms with Gasteiger partial charge in [0.05, 0.1) is 0 Å². The molecule has 1 unspecified atom stereocenters. The molecular formula is C15H22BrF3N2. The number of hydrogen-bond acceptors (Lipinski definition) is 2. The van der Waals surface area contributed by atoms with E-state index in [1.165, 1.54) is 4.90 Å². The van der Waals surface area contributed by atoms with Gasteiger partial charge in [0.25, 0.3) is 0 Å². The monoisotopic (exact) mass is 366 g/mol. The predicted octanol–water partition coefficient (Wildman–Crippen LogP) is 4.90. The Morgan fingerprint density at radius 2 is 1.95 bits per heavy atom. The van der Waals surface area contributed by atoms with Crippen LogP contribution in [0, 0.1) is 0 Å². The highest BCUT2D eigenvalue weighted by atomic mass is 79.9. The zero-order chi connectivity index (χ0) is 16.0. The molecule has 0 amide bonds. The second kappa shape index (κ2) is 8.03. The minimum Gasteiger partial charge on any atom is -0.363 e. The second-order valence-electron chi connectivity index (χ2n) is 5.01. The van der Waals surface area contributed by atoms with E-state index in [9.17, 15) is 13.2 Å². The Balaban J connectivity index is 2.90. The third-order valence-electron chi connectivity index (χ3n) is 3.27. The Hall–Kier alpha value is -0.750. The molecule has 0 aliphatic carbocycles. The highest BCUT2D eigenvalue weighted by Gasteiger charge is 2.30. The van der Waals surface area contributed by atoms with E-state index >= 15 is 0 Å². The van der Waals surface area contributed by atoms with Crippen molar-refractivity contribution >= 4 is 21.6 Å². The third-order valence-corrected chi connectivity index (χ3v) is 3.95. The smallest absolute Gasteiger partial charge is 0.363 e. The molecule has 0 spiro atoms. The largest absolute Gasteiger partial charge is 0.405 e. The van der Waals surface area contributed by atoms with E-state index in [0.29, 0.717) is 12.2 Å². The Labute approximate surface area is 132 Å². The van der Waals surface area contributed by atoms with Crippen LogP contribution in [0.1, 0.15) is 38.8 Å². The molecule has 21 heavy (non-hydrogen) atoms. The Kier molecular flexibility index (Phi) is 7.00. The summed E-state index contributed by atoms with van der Waals surface area (Å²) in [6.07, 6.45) is -3.16. The highest BCUT2D eigenvalue weighted by Crippen LogP contribution is 2.30. The molecule has 120 valence electrons. The molecule has 0 aliphatic heterocycles. The lowest BCUT2D eigenvalue weighted by molar-refractivity contribution is -0.119. The number of nitrogens with zero attached hydrogens (tertiary/aromatic N) is 1. The van der Waals surface area contributed by atoms with Gasteiger partial charge in [-0.3, -0.25) is 0 Å². The van der Waals surface area contributed by atoms with E-state index in [2.05, 4.69) is 28.2 Å². The minimum atomic E-state index is -4.20. The summed E-state index contributed by atoms with van der Waals surface area (Å²) in [6, 6.07) is 5.55. The van der Waals surface area contributed by atoms with Gasteiger partial charge in [0.2, 0.25) is 0 Å². The summed E-state index contributed by atoms with van der Waals surface area (Å²) >= 11 is 3.47. The molecule has 0 heterocycles. The maximum atomic E-state index is 12.6. The van der Waals surface area contributed by atoms with Crippen LogP contribution >= 0.6 is 15.9 Å². The van der Waals surface area contributed by atoms with Crippen LogP contribution in [-0.4, -0.2) is 25.8 Å². The molecule has 1 N–H and O–H groups in total. The van der Waals surface area contributed by atoms with Crippen molar-refractivity contribution in [3.05, 3.63) is 28.2 Å². The summed E-state index contributed by atoms with van der Waals surface area (Å²) < 4.78 is 38.5. The molecule has 0 bridgehead atoms. The third kappa shape index (κ3) is 5.87. The van der Waals surface area contributed by atoms with Crippen molar-refractivity contribution in [1.29, 1.82) is 0 Å². The van der Waals surface area contributed by atoms with E-state index in [1.54, 1.807) is 19.1 Å². The maximum absolute atomic E-state index is 12.6. The topological polar surface area (TPSA) is 15.3 Å². The van der Waals surface area contributed by atoms with E-state index < -0.39 is 12.7 Å². The van der Waals surface area contributed by atoms with Crippen LogP contribution in [0.2, 0.25) is 0 Å². The molecule has 1 aromatic carbocycles. The first-order valence-corrected chi connectivity index (χ1v) is 7.92. The van der Waals surface area contributed by atoms with Crippen LogP contribution in [0.15, 0.2) is 22.7 Å². The summed E-state index contributed by atoms with van der Waals surface area (Å²) in [6.45, 7) is 6.15. The zero-order valence-electron chi connectivity index (χ0n) is 12.6. The lowest BCUT2D eigenvalue weighted by atomic mass is 10.1. The van der Waals surface area contributed by atoms with Gasteiger partial charge in [-0.1, -0.05) is 28.9 Å². The van der Waals surface area contributed by atoms with Gasteiger partial charge in [-0.25, -0.2) is 0 Å². The quantitative estimate of drug-likeness (QED) is 0.738. The maximum Gasteiger partial charge on any atom is 0.405 e. The van der Waals surface area contributed by atoms with Gasteiger partial charge in [-0.05, 0) is 44.5 Å². The fraction of sp³-hybridized carbons (Fsp3) is 0.600. The Morgan fingerprint density at radius 3 is 2.43 bits per heavy atom. The summed E-state index contributed by atoms with van der Waals surface area (Å²) in [4.78, 5) is 1.32. The first kappa shape index (κ1) is 18.3.